The molecule has 26 heavy (non-hydrogen) atoms. The Morgan fingerprint density at radius 1 is 1.31 bits per heavy atom. The Labute approximate surface area is 154 Å². The van der Waals surface area contributed by atoms with Gasteiger partial charge < -0.3 is 15.4 Å². The number of aromatic nitrogens is 4. The van der Waals surface area contributed by atoms with Crippen LogP contribution in [0.4, 0.5) is 0 Å². The SMILES string of the molecule is CCNC(=NCc1ccnc(OC2CCCC2)c1)NCc1ncnn1C. The quantitative estimate of drug-likeness (QED) is 0.580. The van der Waals surface area contributed by atoms with Gasteiger partial charge in [-0.15, -0.1) is 0 Å². The van der Waals surface area contributed by atoms with E-state index in [9.17, 15) is 0 Å². The molecule has 2 N–H and O–H groups in total. The Morgan fingerprint density at radius 3 is 2.88 bits per heavy atom. The molecule has 0 radical (unpaired) electrons. The lowest BCUT2D eigenvalue weighted by Crippen LogP contribution is -2.37. The van der Waals surface area contributed by atoms with Gasteiger partial charge in [-0.1, -0.05) is 0 Å². The molecular formula is C18H27N7O. The Bertz CT molecular complexity index is 722. The van der Waals surface area contributed by atoms with Crippen LogP contribution in [0.15, 0.2) is 29.6 Å². The third-order valence-electron chi connectivity index (χ3n) is 4.37. The maximum Gasteiger partial charge on any atom is 0.213 e. The van der Waals surface area contributed by atoms with Gasteiger partial charge in [0.15, 0.2) is 5.96 Å². The summed E-state index contributed by atoms with van der Waals surface area (Å²) in [7, 11) is 1.87. The van der Waals surface area contributed by atoms with Gasteiger partial charge in [0.2, 0.25) is 5.88 Å². The number of guanidine groups is 1. The van der Waals surface area contributed by atoms with Crippen LogP contribution in [0.1, 0.15) is 44.0 Å². The zero-order chi connectivity index (χ0) is 18.2. The Balaban J connectivity index is 1.58. The fourth-order valence-electron chi connectivity index (χ4n) is 2.95. The van der Waals surface area contributed by atoms with E-state index in [0.29, 0.717) is 25.1 Å². The van der Waals surface area contributed by atoms with Crippen molar-refractivity contribution in [1.29, 1.82) is 0 Å². The highest BCUT2D eigenvalue weighted by molar-refractivity contribution is 5.79. The molecule has 2 aromatic rings. The molecule has 2 heterocycles. The normalized spacial score (nSPS) is 15.2. The zero-order valence-corrected chi connectivity index (χ0v) is 15.5. The smallest absolute Gasteiger partial charge is 0.213 e. The van der Waals surface area contributed by atoms with Crippen molar-refractivity contribution in [3.05, 3.63) is 36.0 Å². The summed E-state index contributed by atoms with van der Waals surface area (Å²) >= 11 is 0. The first kappa shape index (κ1) is 18.2. The highest BCUT2D eigenvalue weighted by atomic mass is 16.5. The van der Waals surface area contributed by atoms with E-state index in [2.05, 4.69) is 30.7 Å². The minimum absolute atomic E-state index is 0.312. The summed E-state index contributed by atoms with van der Waals surface area (Å²) in [5.74, 6) is 2.29. The summed E-state index contributed by atoms with van der Waals surface area (Å²) in [6, 6.07) is 3.95. The number of pyridine rings is 1. The standard InChI is InChI=1S/C18H27N7O/c1-3-19-18(22-12-16-23-13-24-25(16)2)21-11-14-8-9-20-17(10-14)26-15-6-4-5-7-15/h8-10,13,15H,3-7,11-12H2,1-2H3,(H2,19,21,22). The average Bonchev–Trinajstić information content (AvgIpc) is 3.29. The van der Waals surface area contributed by atoms with E-state index in [4.69, 9.17) is 4.74 Å². The summed E-state index contributed by atoms with van der Waals surface area (Å²) in [6.45, 7) is 3.95. The van der Waals surface area contributed by atoms with Gasteiger partial charge in [0.05, 0.1) is 13.1 Å². The van der Waals surface area contributed by atoms with Crippen molar-refractivity contribution in [2.24, 2.45) is 12.0 Å². The second kappa shape index (κ2) is 9.17. The van der Waals surface area contributed by atoms with E-state index >= 15 is 0 Å². The van der Waals surface area contributed by atoms with E-state index < -0.39 is 0 Å². The molecule has 8 nitrogen and oxygen atoms in total. The van der Waals surface area contributed by atoms with Gasteiger partial charge in [0.1, 0.15) is 18.3 Å². The topological polar surface area (TPSA) is 89.2 Å². The molecule has 0 amide bonds. The van der Waals surface area contributed by atoms with Gasteiger partial charge in [-0.2, -0.15) is 5.10 Å². The first-order valence-electron chi connectivity index (χ1n) is 9.21. The van der Waals surface area contributed by atoms with Gasteiger partial charge >= 0.3 is 0 Å². The number of nitrogens with zero attached hydrogens (tertiary/aromatic N) is 5. The molecule has 0 aliphatic heterocycles. The summed E-state index contributed by atoms with van der Waals surface area (Å²) in [5.41, 5.74) is 1.07. The predicted molar refractivity (Wildman–Crippen MR) is 99.8 cm³/mol. The molecule has 8 heteroatoms. The first-order valence-corrected chi connectivity index (χ1v) is 9.21. The monoisotopic (exact) mass is 357 g/mol. The second-order valence-corrected chi connectivity index (χ2v) is 6.38. The van der Waals surface area contributed by atoms with Crippen LogP contribution in [-0.2, 0) is 20.1 Å². The van der Waals surface area contributed by atoms with Crippen molar-refractivity contribution in [1.82, 2.24) is 30.4 Å². The molecule has 0 bridgehead atoms. The fourth-order valence-corrected chi connectivity index (χ4v) is 2.95. The number of nitrogens with one attached hydrogen (secondary N) is 2. The summed E-state index contributed by atoms with van der Waals surface area (Å²) in [4.78, 5) is 13.2. The summed E-state index contributed by atoms with van der Waals surface area (Å²) in [6.07, 6.45) is 8.39. The van der Waals surface area contributed by atoms with Gasteiger partial charge in [-0.25, -0.2) is 15.0 Å². The maximum absolute atomic E-state index is 5.97. The Morgan fingerprint density at radius 2 is 2.15 bits per heavy atom. The van der Waals surface area contributed by atoms with Crippen LogP contribution in [0.2, 0.25) is 0 Å². The van der Waals surface area contributed by atoms with Crippen LogP contribution >= 0.6 is 0 Å². The van der Waals surface area contributed by atoms with Gasteiger partial charge in [-0.3, -0.25) is 4.68 Å². The van der Waals surface area contributed by atoms with E-state index in [-0.39, 0.29) is 0 Å². The van der Waals surface area contributed by atoms with E-state index in [1.165, 1.54) is 12.8 Å². The number of hydrogen-bond donors (Lipinski definition) is 2. The number of rotatable bonds is 7. The van der Waals surface area contributed by atoms with Crippen LogP contribution in [0.5, 0.6) is 5.88 Å². The molecule has 2 aromatic heterocycles. The van der Waals surface area contributed by atoms with Crippen LogP contribution in [-0.4, -0.2) is 38.4 Å². The number of ether oxygens (including phenoxy) is 1. The van der Waals surface area contributed by atoms with Crippen molar-refractivity contribution in [2.75, 3.05) is 6.54 Å². The molecule has 0 aromatic carbocycles. The van der Waals surface area contributed by atoms with Crippen molar-refractivity contribution in [3.8, 4) is 5.88 Å². The minimum Gasteiger partial charge on any atom is -0.474 e. The minimum atomic E-state index is 0.312. The van der Waals surface area contributed by atoms with E-state index in [1.807, 2.05) is 26.1 Å². The molecule has 1 fully saturated rings. The highest BCUT2D eigenvalue weighted by Gasteiger charge is 2.17. The molecule has 3 rings (SSSR count). The fraction of sp³-hybridized carbons (Fsp3) is 0.556. The highest BCUT2D eigenvalue weighted by Crippen LogP contribution is 2.23. The molecule has 1 aliphatic rings. The van der Waals surface area contributed by atoms with Crippen molar-refractivity contribution < 1.29 is 4.74 Å². The molecule has 140 valence electrons. The lowest BCUT2D eigenvalue weighted by atomic mass is 10.2. The molecular weight excluding hydrogens is 330 g/mol. The van der Waals surface area contributed by atoms with Gasteiger partial charge in [-0.05, 0) is 44.2 Å². The number of hydrogen-bond acceptors (Lipinski definition) is 5. The molecule has 0 atom stereocenters. The summed E-state index contributed by atoms with van der Waals surface area (Å²) < 4.78 is 7.71. The average molecular weight is 357 g/mol. The Hall–Kier alpha value is -2.64. The predicted octanol–water partition coefficient (Wildman–Crippen LogP) is 1.79. The number of aryl methyl sites for hydroxylation is 1. The third-order valence-corrected chi connectivity index (χ3v) is 4.37. The van der Waals surface area contributed by atoms with Crippen molar-refractivity contribution in [3.63, 3.8) is 0 Å². The van der Waals surface area contributed by atoms with Crippen LogP contribution in [0.25, 0.3) is 0 Å². The molecule has 0 unspecified atom stereocenters. The Kier molecular flexibility index (Phi) is 6.40. The molecule has 0 spiro atoms. The molecule has 0 saturated heterocycles. The van der Waals surface area contributed by atoms with Crippen LogP contribution in [0, 0.1) is 0 Å². The zero-order valence-electron chi connectivity index (χ0n) is 15.5. The second-order valence-electron chi connectivity index (χ2n) is 6.38. The molecule has 1 aliphatic carbocycles. The summed E-state index contributed by atoms with van der Waals surface area (Å²) in [5, 5.41) is 10.6. The lowest BCUT2D eigenvalue weighted by Gasteiger charge is -2.13. The maximum atomic E-state index is 5.97. The third kappa shape index (κ3) is 5.18. The van der Waals surface area contributed by atoms with Crippen LogP contribution < -0.4 is 15.4 Å². The largest absolute Gasteiger partial charge is 0.474 e. The van der Waals surface area contributed by atoms with Gasteiger partial charge in [0, 0.05) is 25.9 Å². The van der Waals surface area contributed by atoms with Gasteiger partial charge in [0.25, 0.3) is 0 Å². The first-order chi connectivity index (χ1) is 12.7. The number of aliphatic imine (C=N–C) groups is 1. The molecule has 1 saturated carbocycles. The van der Waals surface area contributed by atoms with Crippen LogP contribution in [0.3, 0.4) is 0 Å². The van der Waals surface area contributed by atoms with Crippen molar-refractivity contribution in [2.45, 2.75) is 51.8 Å². The van der Waals surface area contributed by atoms with Crippen molar-refractivity contribution >= 4 is 5.96 Å². The lowest BCUT2D eigenvalue weighted by molar-refractivity contribution is 0.201. The van der Waals surface area contributed by atoms with E-state index in [1.54, 1.807) is 17.2 Å². The van der Waals surface area contributed by atoms with E-state index in [0.717, 1.165) is 36.7 Å².